The van der Waals surface area contributed by atoms with Gasteiger partial charge in [-0.05, 0) is 38.1 Å². The van der Waals surface area contributed by atoms with Crippen LogP contribution in [-0.4, -0.2) is 88.9 Å². The topological polar surface area (TPSA) is 163 Å². The van der Waals surface area contributed by atoms with Gasteiger partial charge < -0.3 is 20.3 Å². The van der Waals surface area contributed by atoms with Gasteiger partial charge in [0.15, 0.2) is 0 Å². The number of carbonyl (C=O) groups excluding carboxylic acids is 2. The first kappa shape index (κ1) is 30.1. The van der Waals surface area contributed by atoms with Crippen molar-refractivity contribution >= 4 is 27.5 Å². The largest absolute Gasteiger partial charge is 0.477 e. The molecule has 2 amide bonds. The standard InChI is InChI=1S/C27H36N8O5S/c1-4-9-22-23(24(33-32-22)26(37)29-17-19-10-7-8-11-28-19)31-25(36)21-16-20(18-30-27(21)40-6-3)41(38,39)35-14-12-34(5-2)13-15-35/h7-8,10-11,16,18H,4-6,9,12-15,17H2,1-3H3,(H,29,37)(H,31,36)(H,32,33). The molecule has 0 saturated carbocycles. The average molecular weight is 585 g/mol. The summed E-state index contributed by atoms with van der Waals surface area (Å²) in [6, 6.07) is 6.66. The number of pyridine rings is 2. The predicted molar refractivity (Wildman–Crippen MR) is 152 cm³/mol. The minimum absolute atomic E-state index is 0.0126. The van der Waals surface area contributed by atoms with Crippen molar-refractivity contribution < 1.29 is 22.7 Å². The van der Waals surface area contributed by atoms with Crippen molar-refractivity contribution in [2.45, 2.75) is 45.1 Å². The van der Waals surface area contributed by atoms with Crippen molar-refractivity contribution in [3.63, 3.8) is 0 Å². The summed E-state index contributed by atoms with van der Waals surface area (Å²) in [7, 11) is -3.90. The summed E-state index contributed by atoms with van der Waals surface area (Å²) in [6.07, 6.45) is 4.05. The minimum atomic E-state index is -3.90. The van der Waals surface area contributed by atoms with Crippen LogP contribution >= 0.6 is 0 Å². The van der Waals surface area contributed by atoms with E-state index < -0.39 is 21.8 Å². The molecule has 4 rings (SSSR count). The fourth-order valence-electron chi connectivity index (χ4n) is 4.46. The van der Waals surface area contributed by atoms with E-state index in [-0.39, 0.29) is 40.9 Å². The number of aryl methyl sites for hydroxylation is 1. The second-order valence-electron chi connectivity index (χ2n) is 9.42. The Morgan fingerprint density at radius 3 is 2.51 bits per heavy atom. The molecule has 1 saturated heterocycles. The Hall–Kier alpha value is -3.88. The van der Waals surface area contributed by atoms with Crippen LogP contribution < -0.4 is 15.4 Å². The van der Waals surface area contributed by atoms with Gasteiger partial charge in [-0.1, -0.05) is 26.3 Å². The molecule has 0 atom stereocenters. The molecule has 220 valence electrons. The van der Waals surface area contributed by atoms with Crippen molar-refractivity contribution in [2.24, 2.45) is 0 Å². The van der Waals surface area contributed by atoms with Crippen molar-refractivity contribution in [1.29, 1.82) is 0 Å². The Morgan fingerprint density at radius 1 is 1.07 bits per heavy atom. The third-order valence-electron chi connectivity index (χ3n) is 6.72. The molecular formula is C27H36N8O5S. The smallest absolute Gasteiger partial charge is 0.271 e. The number of piperazine rings is 1. The van der Waals surface area contributed by atoms with Gasteiger partial charge in [-0.2, -0.15) is 9.40 Å². The van der Waals surface area contributed by atoms with Crippen LogP contribution in [0.3, 0.4) is 0 Å². The highest BCUT2D eigenvalue weighted by Crippen LogP contribution is 2.26. The molecule has 1 aliphatic heterocycles. The third kappa shape index (κ3) is 7.07. The first-order chi connectivity index (χ1) is 19.8. The van der Waals surface area contributed by atoms with Crippen LogP contribution in [0.25, 0.3) is 0 Å². The van der Waals surface area contributed by atoms with Crippen molar-refractivity contribution in [3.8, 4) is 5.88 Å². The molecule has 3 aromatic rings. The van der Waals surface area contributed by atoms with Gasteiger partial charge in [0, 0.05) is 32.4 Å². The molecule has 41 heavy (non-hydrogen) atoms. The quantitative estimate of drug-likeness (QED) is 0.289. The number of hydrogen-bond acceptors (Lipinski definition) is 9. The van der Waals surface area contributed by atoms with Gasteiger partial charge in [0.05, 0.1) is 36.4 Å². The molecule has 0 radical (unpaired) electrons. The van der Waals surface area contributed by atoms with E-state index in [4.69, 9.17) is 4.74 Å². The Labute approximate surface area is 239 Å². The summed E-state index contributed by atoms with van der Waals surface area (Å²) >= 11 is 0. The summed E-state index contributed by atoms with van der Waals surface area (Å²) in [4.78, 5) is 37.1. The Kier molecular flexibility index (Phi) is 10.0. The van der Waals surface area contributed by atoms with E-state index in [1.807, 2.05) is 19.9 Å². The van der Waals surface area contributed by atoms with Gasteiger partial charge in [-0.15, -0.1) is 0 Å². The van der Waals surface area contributed by atoms with Gasteiger partial charge >= 0.3 is 0 Å². The SMILES string of the molecule is CCCc1n[nH]c(C(=O)NCc2ccccn2)c1NC(=O)c1cc(S(=O)(=O)N2CCN(CC)CC2)cnc1OCC. The number of hydrogen-bond donors (Lipinski definition) is 3. The van der Waals surface area contributed by atoms with Crippen LogP contribution in [0.1, 0.15) is 59.4 Å². The highest BCUT2D eigenvalue weighted by molar-refractivity contribution is 7.89. The number of sulfonamides is 1. The van der Waals surface area contributed by atoms with Gasteiger partial charge in [-0.25, -0.2) is 13.4 Å². The number of rotatable bonds is 12. The van der Waals surface area contributed by atoms with Gasteiger partial charge in [-0.3, -0.25) is 19.7 Å². The molecule has 0 unspecified atom stereocenters. The molecule has 0 aliphatic carbocycles. The maximum absolute atomic E-state index is 13.6. The molecule has 1 fully saturated rings. The number of aromatic nitrogens is 4. The maximum Gasteiger partial charge on any atom is 0.271 e. The molecule has 13 nitrogen and oxygen atoms in total. The zero-order valence-electron chi connectivity index (χ0n) is 23.5. The zero-order chi connectivity index (χ0) is 29.4. The second-order valence-corrected chi connectivity index (χ2v) is 11.4. The summed E-state index contributed by atoms with van der Waals surface area (Å²) in [5, 5.41) is 12.5. The van der Waals surface area contributed by atoms with Crippen LogP contribution in [-0.2, 0) is 23.0 Å². The normalized spacial score (nSPS) is 14.5. The first-order valence-electron chi connectivity index (χ1n) is 13.7. The van der Waals surface area contributed by atoms with Gasteiger partial charge in [0.1, 0.15) is 16.2 Å². The lowest BCUT2D eigenvalue weighted by molar-refractivity contribution is 0.0946. The lowest BCUT2D eigenvalue weighted by atomic mass is 10.1. The number of aromatic amines is 1. The monoisotopic (exact) mass is 584 g/mol. The Morgan fingerprint density at radius 2 is 1.85 bits per heavy atom. The lowest BCUT2D eigenvalue weighted by Crippen LogP contribution is -2.48. The van der Waals surface area contributed by atoms with E-state index in [9.17, 15) is 18.0 Å². The number of carbonyl (C=O) groups is 2. The van der Waals surface area contributed by atoms with Crippen LogP contribution in [0.15, 0.2) is 41.6 Å². The zero-order valence-corrected chi connectivity index (χ0v) is 24.3. The third-order valence-corrected chi connectivity index (χ3v) is 8.58. The van der Waals surface area contributed by atoms with Crippen molar-refractivity contribution in [2.75, 3.05) is 44.6 Å². The van der Waals surface area contributed by atoms with Crippen molar-refractivity contribution in [1.82, 2.24) is 34.7 Å². The van der Waals surface area contributed by atoms with Gasteiger partial charge in [0.25, 0.3) is 11.8 Å². The second kappa shape index (κ2) is 13.7. The van der Waals surface area contributed by atoms with E-state index in [0.29, 0.717) is 50.4 Å². The van der Waals surface area contributed by atoms with E-state index in [1.54, 1.807) is 25.3 Å². The number of amides is 2. The first-order valence-corrected chi connectivity index (χ1v) is 15.1. The summed E-state index contributed by atoms with van der Waals surface area (Å²) in [6.45, 7) is 8.90. The fourth-order valence-corrected chi connectivity index (χ4v) is 5.86. The molecule has 0 aromatic carbocycles. The summed E-state index contributed by atoms with van der Waals surface area (Å²) in [5.41, 5.74) is 1.38. The number of nitrogens with one attached hydrogen (secondary N) is 3. The molecule has 1 aliphatic rings. The predicted octanol–water partition coefficient (Wildman–Crippen LogP) is 2.06. The minimum Gasteiger partial charge on any atom is -0.477 e. The molecule has 0 bridgehead atoms. The number of ether oxygens (including phenoxy) is 1. The fraction of sp³-hybridized carbons (Fsp3) is 0.444. The molecule has 3 aromatic heterocycles. The molecule has 3 N–H and O–H groups in total. The number of H-pyrrole nitrogens is 1. The van der Waals surface area contributed by atoms with E-state index in [1.165, 1.54) is 16.6 Å². The van der Waals surface area contributed by atoms with Crippen LogP contribution in [0, 0.1) is 0 Å². The van der Waals surface area contributed by atoms with Crippen LogP contribution in [0.2, 0.25) is 0 Å². The maximum atomic E-state index is 13.6. The summed E-state index contributed by atoms with van der Waals surface area (Å²) < 4.78 is 33.8. The highest BCUT2D eigenvalue weighted by atomic mass is 32.2. The summed E-state index contributed by atoms with van der Waals surface area (Å²) in [5.74, 6) is -1.17. The molecular weight excluding hydrogens is 548 g/mol. The van der Waals surface area contributed by atoms with Gasteiger partial charge in [0.2, 0.25) is 15.9 Å². The Bertz CT molecular complexity index is 1450. The molecule has 0 spiro atoms. The molecule has 14 heteroatoms. The van der Waals surface area contributed by atoms with Crippen LogP contribution in [0.5, 0.6) is 5.88 Å². The molecule has 4 heterocycles. The number of anilines is 1. The van der Waals surface area contributed by atoms with E-state index >= 15 is 0 Å². The van der Waals surface area contributed by atoms with Crippen LogP contribution in [0.4, 0.5) is 5.69 Å². The number of nitrogens with zero attached hydrogens (tertiary/aromatic N) is 5. The van der Waals surface area contributed by atoms with Crippen molar-refractivity contribution in [3.05, 3.63) is 59.3 Å². The van der Waals surface area contributed by atoms with E-state index in [2.05, 4.69) is 35.7 Å². The average Bonchev–Trinajstić information content (AvgIpc) is 3.38. The number of likely N-dealkylation sites (N-methyl/N-ethyl adjacent to an activating group) is 1. The highest BCUT2D eigenvalue weighted by Gasteiger charge is 2.31. The van der Waals surface area contributed by atoms with E-state index in [0.717, 1.165) is 6.54 Å². The Balaban J connectivity index is 1.61. The lowest BCUT2D eigenvalue weighted by Gasteiger charge is -2.33.